The molecule has 1 rings (SSSR count). The number of para-hydroxylation sites is 1. The first-order valence-electron chi connectivity index (χ1n) is 5.82. The zero-order valence-corrected chi connectivity index (χ0v) is 10.1. The van der Waals surface area contributed by atoms with Gasteiger partial charge in [-0.3, -0.25) is 4.79 Å². The Kier molecular flexibility index (Phi) is 4.52. The van der Waals surface area contributed by atoms with E-state index in [-0.39, 0.29) is 6.54 Å². The van der Waals surface area contributed by atoms with Gasteiger partial charge in [-0.15, -0.1) is 0 Å². The maximum absolute atomic E-state index is 11.4. The normalized spacial score (nSPS) is 14.2. The summed E-state index contributed by atoms with van der Waals surface area (Å²) in [7, 11) is 0. The SMILES string of the molecule is CCCC(CN)(Cc1ccccc1N)C(=O)O. The van der Waals surface area contributed by atoms with Crippen molar-refractivity contribution in [1.82, 2.24) is 0 Å². The summed E-state index contributed by atoms with van der Waals surface area (Å²) in [5, 5.41) is 9.39. The van der Waals surface area contributed by atoms with Crippen LogP contribution in [-0.2, 0) is 11.2 Å². The smallest absolute Gasteiger partial charge is 0.311 e. The molecule has 0 radical (unpaired) electrons. The van der Waals surface area contributed by atoms with E-state index in [2.05, 4.69) is 0 Å². The molecule has 1 aromatic rings. The molecule has 0 fully saturated rings. The summed E-state index contributed by atoms with van der Waals surface area (Å²) in [4.78, 5) is 11.4. The highest BCUT2D eigenvalue weighted by Crippen LogP contribution is 2.30. The van der Waals surface area contributed by atoms with Crippen LogP contribution >= 0.6 is 0 Å². The molecular formula is C13H20N2O2. The Hall–Kier alpha value is -1.55. The molecule has 0 amide bonds. The third-order valence-electron chi connectivity index (χ3n) is 3.16. The third-order valence-corrected chi connectivity index (χ3v) is 3.16. The van der Waals surface area contributed by atoms with E-state index in [1.165, 1.54) is 0 Å². The Labute approximate surface area is 102 Å². The van der Waals surface area contributed by atoms with Crippen molar-refractivity contribution in [2.45, 2.75) is 26.2 Å². The van der Waals surface area contributed by atoms with Crippen molar-refractivity contribution >= 4 is 11.7 Å². The highest BCUT2D eigenvalue weighted by Gasteiger charge is 2.36. The van der Waals surface area contributed by atoms with Crippen LogP contribution < -0.4 is 11.5 Å². The quantitative estimate of drug-likeness (QED) is 0.655. The molecule has 0 aromatic heterocycles. The Morgan fingerprint density at radius 2 is 2.06 bits per heavy atom. The van der Waals surface area contributed by atoms with Crippen LogP contribution in [0.4, 0.5) is 5.69 Å². The standard InChI is InChI=1S/C13H20N2O2/c1-2-7-13(9-14,12(16)17)8-10-5-3-4-6-11(10)15/h3-6H,2,7-9,14-15H2,1H3,(H,16,17). The van der Waals surface area contributed by atoms with E-state index in [0.717, 1.165) is 12.0 Å². The summed E-state index contributed by atoms with van der Waals surface area (Å²) in [5.74, 6) is -0.842. The first-order valence-corrected chi connectivity index (χ1v) is 5.82. The van der Waals surface area contributed by atoms with Gasteiger partial charge in [-0.2, -0.15) is 0 Å². The highest BCUT2D eigenvalue weighted by atomic mass is 16.4. The third kappa shape index (κ3) is 2.97. The molecule has 0 aliphatic rings. The molecule has 17 heavy (non-hydrogen) atoms. The van der Waals surface area contributed by atoms with Crippen molar-refractivity contribution in [3.05, 3.63) is 29.8 Å². The maximum Gasteiger partial charge on any atom is 0.311 e. The topological polar surface area (TPSA) is 89.3 Å². The molecule has 0 saturated carbocycles. The van der Waals surface area contributed by atoms with E-state index in [4.69, 9.17) is 11.5 Å². The van der Waals surface area contributed by atoms with Crippen LogP contribution in [0.3, 0.4) is 0 Å². The largest absolute Gasteiger partial charge is 0.481 e. The molecule has 1 unspecified atom stereocenters. The van der Waals surface area contributed by atoms with Crippen LogP contribution in [0.5, 0.6) is 0 Å². The van der Waals surface area contributed by atoms with Gasteiger partial charge in [0.15, 0.2) is 0 Å². The van der Waals surface area contributed by atoms with Gasteiger partial charge in [0.2, 0.25) is 0 Å². The first kappa shape index (κ1) is 13.5. The van der Waals surface area contributed by atoms with E-state index in [0.29, 0.717) is 18.5 Å². The number of rotatable bonds is 6. The number of benzene rings is 1. The van der Waals surface area contributed by atoms with Crippen molar-refractivity contribution in [2.75, 3.05) is 12.3 Å². The molecule has 0 bridgehead atoms. The zero-order chi connectivity index (χ0) is 12.9. The van der Waals surface area contributed by atoms with Crippen molar-refractivity contribution in [2.24, 2.45) is 11.1 Å². The highest BCUT2D eigenvalue weighted by molar-refractivity contribution is 5.76. The molecule has 94 valence electrons. The maximum atomic E-state index is 11.4. The van der Waals surface area contributed by atoms with Crippen molar-refractivity contribution in [3.63, 3.8) is 0 Å². The predicted molar refractivity (Wildman–Crippen MR) is 68.6 cm³/mol. The van der Waals surface area contributed by atoms with E-state index in [9.17, 15) is 9.90 Å². The van der Waals surface area contributed by atoms with Crippen LogP contribution in [0.25, 0.3) is 0 Å². The number of anilines is 1. The zero-order valence-electron chi connectivity index (χ0n) is 10.1. The van der Waals surface area contributed by atoms with Gasteiger partial charge in [0.25, 0.3) is 0 Å². The summed E-state index contributed by atoms with van der Waals surface area (Å²) in [5.41, 5.74) is 12.1. The summed E-state index contributed by atoms with van der Waals surface area (Å²) in [6.07, 6.45) is 1.74. The lowest BCUT2D eigenvalue weighted by molar-refractivity contribution is -0.148. The van der Waals surface area contributed by atoms with Crippen molar-refractivity contribution < 1.29 is 9.90 Å². The van der Waals surface area contributed by atoms with Crippen molar-refractivity contribution in [3.8, 4) is 0 Å². The van der Waals surface area contributed by atoms with Crippen LogP contribution in [0.2, 0.25) is 0 Å². The monoisotopic (exact) mass is 236 g/mol. The number of carboxylic acids is 1. The minimum absolute atomic E-state index is 0.129. The minimum atomic E-state index is -0.899. The Bertz CT molecular complexity index is 393. The van der Waals surface area contributed by atoms with E-state index >= 15 is 0 Å². The number of aliphatic carboxylic acids is 1. The fourth-order valence-electron chi connectivity index (χ4n) is 2.07. The molecule has 4 heteroatoms. The first-order chi connectivity index (χ1) is 8.05. The second kappa shape index (κ2) is 5.68. The molecule has 1 aromatic carbocycles. The molecule has 0 spiro atoms. The summed E-state index contributed by atoms with van der Waals surface area (Å²) < 4.78 is 0. The number of nitrogens with two attached hydrogens (primary N) is 2. The minimum Gasteiger partial charge on any atom is -0.481 e. The van der Waals surface area contributed by atoms with Gasteiger partial charge in [-0.1, -0.05) is 31.5 Å². The van der Waals surface area contributed by atoms with Gasteiger partial charge in [-0.05, 0) is 24.5 Å². The molecule has 0 aliphatic carbocycles. The molecule has 0 saturated heterocycles. The number of hydrogen-bond acceptors (Lipinski definition) is 3. The van der Waals surface area contributed by atoms with Crippen molar-refractivity contribution in [1.29, 1.82) is 0 Å². The predicted octanol–water partition coefficient (Wildman–Crippen LogP) is 1.64. The number of nitrogen functional groups attached to an aromatic ring is 1. The van der Waals surface area contributed by atoms with Crippen LogP contribution in [-0.4, -0.2) is 17.6 Å². The van der Waals surface area contributed by atoms with Gasteiger partial charge >= 0.3 is 5.97 Å². The number of carboxylic acid groups (broad SMARTS) is 1. The van der Waals surface area contributed by atoms with Gasteiger partial charge in [0.1, 0.15) is 0 Å². The Balaban J connectivity index is 3.01. The Morgan fingerprint density at radius 1 is 1.41 bits per heavy atom. The van der Waals surface area contributed by atoms with Gasteiger partial charge in [-0.25, -0.2) is 0 Å². The average molecular weight is 236 g/mol. The lowest BCUT2D eigenvalue weighted by Crippen LogP contribution is -2.40. The molecule has 5 N–H and O–H groups in total. The summed E-state index contributed by atoms with van der Waals surface area (Å²) >= 11 is 0. The fraction of sp³-hybridized carbons (Fsp3) is 0.462. The molecule has 1 atom stereocenters. The summed E-state index contributed by atoms with van der Waals surface area (Å²) in [6.45, 7) is 2.09. The average Bonchev–Trinajstić information content (AvgIpc) is 2.31. The van der Waals surface area contributed by atoms with E-state index < -0.39 is 11.4 Å². The van der Waals surface area contributed by atoms with E-state index in [1.54, 1.807) is 6.07 Å². The summed E-state index contributed by atoms with van der Waals surface area (Å²) in [6, 6.07) is 7.34. The molecule has 0 heterocycles. The van der Waals surface area contributed by atoms with Crippen LogP contribution in [0.1, 0.15) is 25.3 Å². The van der Waals surface area contributed by atoms with Gasteiger partial charge in [0, 0.05) is 12.2 Å². The Morgan fingerprint density at radius 3 is 2.53 bits per heavy atom. The fourth-order valence-corrected chi connectivity index (χ4v) is 2.07. The number of hydrogen-bond donors (Lipinski definition) is 3. The van der Waals surface area contributed by atoms with Crippen LogP contribution in [0, 0.1) is 5.41 Å². The van der Waals surface area contributed by atoms with Crippen LogP contribution in [0.15, 0.2) is 24.3 Å². The molecule has 4 nitrogen and oxygen atoms in total. The second-order valence-corrected chi connectivity index (χ2v) is 4.42. The molecule has 0 aliphatic heterocycles. The van der Waals surface area contributed by atoms with E-state index in [1.807, 2.05) is 25.1 Å². The lowest BCUT2D eigenvalue weighted by Gasteiger charge is -2.28. The second-order valence-electron chi connectivity index (χ2n) is 4.42. The molecular weight excluding hydrogens is 216 g/mol. The lowest BCUT2D eigenvalue weighted by atomic mass is 9.77. The number of carbonyl (C=O) groups is 1. The van der Waals surface area contributed by atoms with Gasteiger partial charge in [0.05, 0.1) is 5.41 Å². The van der Waals surface area contributed by atoms with Gasteiger partial charge < -0.3 is 16.6 Å².